The van der Waals surface area contributed by atoms with Crippen LogP contribution in [0, 0.1) is 29.6 Å². The number of nitrogens with zero attached hydrogens (tertiary/aromatic N) is 3. The SMILES string of the molecule is C=C/C=C\c1cc(N(c2ccc3c(c2)C(C)(C)c2cc(C=C(C#N)C#N)sc2-3)C2C=c3ccccc3=CC2)ccc1C. The first-order valence-corrected chi connectivity index (χ1v) is 14.9. The Labute approximate surface area is 251 Å². The van der Waals surface area contributed by atoms with Gasteiger partial charge in [-0.3, -0.25) is 0 Å². The highest BCUT2D eigenvalue weighted by Crippen LogP contribution is 2.53. The zero-order valence-electron chi connectivity index (χ0n) is 24.1. The van der Waals surface area contributed by atoms with Crippen molar-refractivity contribution in [1.82, 2.24) is 0 Å². The van der Waals surface area contributed by atoms with E-state index in [1.54, 1.807) is 17.4 Å². The quantitative estimate of drug-likeness (QED) is 0.176. The third-order valence-corrected chi connectivity index (χ3v) is 9.50. The average Bonchev–Trinajstić information content (AvgIpc) is 3.52. The van der Waals surface area contributed by atoms with Gasteiger partial charge < -0.3 is 4.90 Å². The van der Waals surface area contributed by atoms with Crippen molar-refractivity contribution < 1.29 is 0 Å². The predicted octanol–water partition coefficient (Wildman–Crippen LogP) is 8.16. The minimum atomic E-state index is -0.214. The minimum absolute atomic E-state index is 0.126. The van der Waals surface area contributed by atoms with Crippen LogP contribution in [0.15, 0.2) is 91.0 Å². The molecule has 0 saturated carbocycles. The Morgan fingerprint density at radius 1 is 0.976 bits per heavy atom. The number of hydrogen-bond acceptors (Lipinski definition) is 4. The highest BCUT2D eigenvalue weighted by Gasteiger charge is 2.38. The van der Waals surface area contributed by atoms with Crippen LogP contribution < -0.4 is 15.3 Å². The molecule has 4 heteroatoms. The van der Waals surface area contributed by atoms with Crippen molar-refractivity contribution in [2.45, 2.75) is 38.6 Å². The molecule has 204 valence electrons. The second-order valence-electron chi connectivity index (χ2n) is 11.3. The van der Waals surface area contributed by atoms with Gasteiger partial charge in [0.1, 0.15) is 17.7 Å². The molecule has 3 aromatic carbocycles. The summed E-state index contributed by atoms with van der Waals surface area (Å²) in [6.45, 7) is 10.5. The van der Waals surface area contributed by atoms with E-state index in [4.69, 9.17) is 0 Å². The molecule has 42 heavy (non-hydrogen) atoms. The van der Waals surface area contributed by atoms with E-state index >= 15 is 0 Å². The summed E-state index contributed by atoms with van der Waals surface area (Å²) >= 11 is 1.65. The minimum Gasteiger partial charge on any atom is -0.334 e. The normalized spacial score (nSPS) is 15.7. The molecule has 0 fully saturated rings. The van der Waals surface area contributed by atoms with Crippen molar-refractivity contribution in [3.8, 4) is 22.6 Å². The Balaban J connectivity index is 1.49. The topological polar surface area (TPSA) is 50.8 Å². The summed E-state index contributed by atoms with van der Waals surface area (Å²) in [7, 11) is 0. The molecule has 0 aliphatic heterocycles. The number of aryl methyl sites for hydroxylation is 1. The molecule has 1 unspecified atom stereocenters. The molecule has 2 aliphatic rings. The summed E-state index contributed by atoms with van der Waals surface area (Å²) in [6.07, 6.45) is 13.3. The number of fused-ring (bicyclic) bond motifs is 4. The smallest absolute Gasteiger partial charge is 0.131 e. The van der Waals surface area contributed by atoms with Gasteiger partial charge >= 0.3 is 0 Å². The molecule has 6 rings (SSSR count). The number of hydrogen-bond donors (Lipinski definition) is 0. The highest BCUT2D eigenvalue weighted by molar-refractivity contribution is 7.16. The van der Waals surface area contributed by atoms with Gasteiger partial charge in [-0.1, -0.05) is 87.2 Å². The van der Waals surface area contributed by atoms with Gasteiger partial charge in [0.2, 0.25) is 0 Å². The van der Waals surface area contributed by atoms with Crippen LogP contribution in [0.3, 0.4) is 0 Å². The molecule has 0 amide bonds. The molecule has 1 heterocycles. The maximum absolute atomic E-state index is 9.25. The molecule has 1 atom stereocenters. The maximum Gasteiger partial charge on any atom is 0.131 e. The van der Waals surface area contributed by atoms with Gasteiger partial charge in [-0.05, 0) is 88.0 Å². The largest absolute Gasteiger partial charge is 0.334 e. The first-order chi connectivity index (χ1) is 20.3. The zero-order chi connectivity index (χ0) is 29.4. The lowest BCUT2D eigenvalue weighted by atomic mass is 9.82. The van der Waals surface area contributed by atoms with Crippen LogP contribution in [0.1, 0.15) is 47.4 Å². The second kappa shape index (κ2) is 10.8. The van der Waals surface area contributed by atoms with E-state index in [1.807, 2.05) is 24.3 Å². The van der Waals surface area contributed by atoms with Crippen LogP contribution in [-0.4, -0.2) is 6.04 Å². The Kier molecular flexibility index (Phi) is 7.03. The van der Waals surface area contributed by atoms with Gasteiger partial charge in [0, 0.05) is 26.5 Å². The van der Waals surface area contributed by atoms with Crippen LogP contribution in [-0.2, 0) is 5.41 Å². The fourth-order valence-electron chi connectivity index (χ4n) is 6.13. The second-order valence-corrected chi connectivity index (χ2v) is 12.4. The number of anilines is 2. The maximum atomic E-state index is 9.25. The van der Waals surface area contributed by atoms with E-state index in [0.29, 0.717) is 0 Å². The summed E-state index contributed by atoms with van der Waals surface area (Å²) in [5.74, 6) is 0. The molecule has 0 radical (unpaired) electrons. The highest BCUT2D eigenvalue weighted by atomic mass is 32.1. The summed E-state index contributed by atoms with van der Waals surface area (Å²) < 4.78 is 0. The summed E-state index contributed by atoms with van der Waals surface area (Å²) in [5, 5.41) is 21.1. The fraction of sp³-hybridized carbons (Fsp3) is 0.158. The Morgan fingerprint density at radius 2 is 1.71 bits per heavy atom. The van der Waals surface area contributed by atoms with Gasteiger partial charge in [0.15, 0.2) is 0 Å². The van der Waals surface area contributed by atoms with E-state index in [-0.39, 0.29) is 17.0 Å². The van der Waals surface area contributed by atoms with Crippen molar-refractivity contribution in [2.24, 2.45) is 0 Å². The van der Waals surface area contributed by atoms with E-state index in [1.165, 1.54) is 43.1 Å². The molecule has 4 aromatic rings. The number of nitriles is 2. The molecule has 0 bridgehead atoms. The van der Waals surface area contributed by atoms with Crippen molar-refractivity contribution >= 4 is 47.0 Å². The third-order valence-electron chi connectivity index (χ3n) is 8.38. The van der Waals surface area contributed by atoms with Crippen molar-refractivity contribution in [2.75, 3.05) is 4.90 Å². The first kappa shape index (κ1) is 27.3. The van der Waals surface area contributed by atoms with Crippen molar-refractivity contribution in [3.63, 3.8) is 0 Å². The summed E-state index contributed by atoms with van der Waals surface area (Å²) in [6, 6.07) is 28.4. The van der Waals surface area contributed by atoms with E-state index in [9.17, 15) is 10.5 Å². The van der Waals surface area contributed by atoms with Crippen LogP contribution in [0.5, 0.6) is 0 Å². The van der Waals surface area contributed by atoms with Gasteiger partial charge in [-0.2, -0.15) is 10.5 Å². The lowest BCUT2D eigenvalue weighted by Gasteiger charge is -2.34. The lowest BCUT2D eigenvalue weighted by Crippen LogP contribution is -2.38. The molecular weight excluding hydrogens is 531 g/mol. The average molecular weight is 562 g/mol. The summed E-state index contributed by atoms with van der Waals surface area (Å²) in [5.41, 5.74) is 8.38. The third kappa shape index (κ3) is 4.71. The van der Waals surface area contributed by atoms with Gasteiger partial charge in [0.25, 0.3) is 0 Å². The Morgan fingerprint density at radius 3 is 2.48 bits per heavy atom. The molecule has 0 spiro atoms. The van der Waals surface area contributed by atoms with Crippen molar-refractivity contribution in [1.29, 1.82) is 10.5 Å². The number of allylic oxidation sites excluding steroid dienone is 3. The van der Waals surface area contributed by atoms with Crippen LogP contribution >= 0.6 is 11.3 Å². The number of thiophene rings is 1. The first-order valence-electron chi connectivity index (χ1n) is 14.1. The van der Waals surface area contributed by atoms with Gasteiger partial charge in [0.05, 0.1) is 6.04 Å². The number of rotatable bonds is 6. The predicted molar refractivity (Wildman–Crippen MR) is 177 cm³/mol. The fourth-order valence-corrected chi connectivity index (χ4v) is 7.43. The molecule has 0 N–H and O–H groups in total. The van der Waals surface area contributed by atoms with Crippen LogP contribution in [0.2, 0.25) is 0 Å². The molecule has 2 aliphatic carbocycles. The van der Waals surface area contributed by atoms with Crippen molar-refractivity contribution in [3.05, 3.63) is 129 Å². The molecular formula is C38H31N3S. The van der Waals surface area contributed by atoms with Crippen LogP contribution in [0.25, 0.3) is 34.7 Å². The van der Waals surface area contributed by atoms with E-state index < -0.39 is 0 Å². The standard InChI is InChI=1S/C38H31N3S/c1-5-6-9-28-19-30(14-12-25(28)2)41(31-15-13-27-10-7-8-11-29(27)20-31)32-16-17-34-35(21-32)38(3,4)36-22-33(42-37(34)36)18-26(23-39)24-40/h5-14,16-22,31H,1,15H2,2-4H3/b9-6-. The Bertz CT molecular complexity index is 1990. The zero-order valence-corrected chi connectivity index (χ0v) is 24.9. The number of benzene rings is 3. The molecule has 0 saturated heterocycles. The summed E-state index contributed by atoms with van der Waals surface area (Å²) in [4.78, 5) is 4.63. The van der Waals surface area contributed by atoms with Gasteiger partial charge in [-0.15, -0.1) is 11.3 Å². The Hall–Kier alpha value is -4.90. The van der Waals surface area contributed by atoms with E-state index in [0.717, 1.165) is 22.7 Å². The van der Waals surface area contributed by atoms with Gasteiger partial charge in [-0.25, -0.2) is 0 Å². The lowest BCUT2D eigenvalue weighted by molar-refractivity contribution is 0.661. The molecule has 1 aromatic heterocycles. The van der Waals surface area contributed by atoms with Crippen LogP contribution in [0.4, 0.5) is 11.4 Å². The monoisotopic (exact) mass is 561 g/mol. The van der Waals surface area contributed by atoms with E-state index in [2.05, 4.69) is 117 Å². The molecule has 3 nitrogen and oxygen atoms in total.